The molecule has 0 spiro atoms. The molecule has 15 nitrogen and oxygen atoms in total. The van der Waals surface area contributed by atoms with Gasteiger partial charge in [-0.05, 0) is 115 Å². The maximum Gasteiger partial charge on any atom is 0.324 e. The Kier molecular flexibility index (Phi) is 13.3. The Labute approximate surface area is 387 Å². The number of pyridine rings is 1. The van der Waals surface area contributed by atoms with Crippen LogP contribution in [0, 0.1) is 17.3 Å². The first kappa shape index (κ1) is 46.7. The predicted octanol–water partition coefficient (Wildman–Crippen LogP) is 5.00. The van der Waals surface area contributed by atoms with Gasteiger partial charge < -0.3 is 29.5 Å². The van der Waals surface area contributed by atoms with Gasteiger partial charge in [-0.1, -0.05) is 46.8 Å². The quantitative estimate of drug-likeness (QED) is 0.118. The third-order valence-electron chi connectivity index (χ3n) is 13.9. The van der Waals surface area contributed by atoms with Gasteiger partial charge in [-0.25, -0.2) is 5.43 Å². The Balaban J connectivity index is 1.15. The molecule has 5 heterocycles. The van der Waals surface area contributed by atoms with Crippen molar-refractivity contribution in [3.63, 3.8) is 0 Å². The molecule has 4 aliphatic rings. The number of cyclic esters (lactones) is 1. The molecule has 66 heavy (non-hydrogen) atoms. The summed E-state index contributed by atoms with van der Waals surface area (Å²) >= 11 is 0. The van der Waals surface area contributed by atoms with Crippen LogP contribution in [0.5, 0.6) is 5.75 Å². The Morgan fingerprint density at radius 2 is 1.80 bits per heavy atom. The van der Waals surface area contributed by atoms with Gasteiger partial charge in [-0.2, -0.15) is 0 Å². The van der Waals surface area contributed by atoms with E-state index in [1.54, 1.807) is 26.2 Å². The van der Waals surface area contributed by atoms with Crippen molar-refractivity contribution in [2.75, 3.05) is 33.8 Å². The number of aromatic nitrogens is 2. The number of hydrazine groups is 1. The van der Waals surface area contributed by atoms with Crippen molar-refractivity contribution in [1.82, 2.24) is 40.4 Å². The van der Waals surface area contributed by atoms with E-state index < -0.39 is 47.2 Å². The summed E-state index contributed by atoms with van der Waals surface area (Å²) in [6.07, 6.45) is 8.33. The Morgan fingerprint density at radius 1 is 1.03 bits per heavy atom. The number of aromatic hydroxyl groups is 1. The van der Waals surface area contributed by atoms with Crippen LogP contribution < -0.4 is 16.1 Å². The lowest BCUT2D eigenvalue weighted by atomic mass is 9.84. The molecule has 0 unspecified atom stereocenters. The van der Waals surface area contributed by atoms with Crippen LogP contribution in [0.2, 0.25) is 0 Å². The smallest absolute Gasteiger partial charge is 0.324 e. The van der Waals surface area contributed by atoms with Gasteiger partial charge in [0.15, 0.2) is 0 Å². The van der Waals surface area contributed by atoms with Gasteiger partial charge in [0.1, 0.15) is 29.9 Å². The first-order chi connectivity index (χ1) is 31.5. The van der Waals surface area contributed by atoms with Crippen molar-refractivity contribution in [1.29, 1.82) is 0 Å². The number of fused-ring (bicyclic) bond motifs is 6. The molecule has 1 aliphatic carbocycles. The van der Waals surface area contributed by atoms with E-state index in [9.17, 15) is 29.1 Å². The predicted molar refractivity (Wildman–Crippen MR) is 252 cm³/mol. The van der Waals surface area contributed by atoms with Crippen LogP contribution in [-0.4, -0.2) is 123 Å². The molecule has 5 atom stereocenters. The van der Waals surface area contributed by atoms with E-state index >= 15 is 0 Å². The number of carbonyl (C=O) groups excluding carboxylic acids is 5. The molecule has 3 aliphatic heterocycles. The van der Waals surface area contributed by atoms with Gasteiger partial charge >= 0.3 is 5.97 Å². The highest BCUT2D eigenvalue weighted by Gasteiger charge is 2.52. The van der Waals surface area contributed by atoms with E-state index in [1.165, 1.54) is 20.4 Å². The zero-order valence-corrected chi connectivity index (χ0v) is 39.6. The van der Waals surface area contributed by atoms with E-state index in [0.717, 1.165) is 58.1 Å². The van der Waals surface area contributed by atoms with Crippen LogP contribution in [0.1, 0.15) is 83.9 Å². The number of aryl methyl sites for hydroxylation is 2. The summed E-state index contributed by atoms with van der Waals surface area (Å²) in [6, 6.07) is 10.5. The lowest BCUT2D eigenvalue weighted by Gasteiger charge is -2.37. The molecule has 1 saturated carbocycles. The summed E-state index contributed by atoms with van der Waals surface area (Å²) in [4.78, 5) is 77.3. The molecule has 15 heteroatoms. The molecule has 4 N–H and O–H groups in total. The summed E-state index contributed by atoms with van der Waals surface area (Å²) < 4.78 is 8.42. The van der Waals surface area contributed by atoms with E-state index in [4.69, 9.17) is 4.74 Å². The van der Waals surface area contributed by atoms with Crippen LogP contribution in [0.25, 0.3) is 33.3 Å². The van der Waals surface area contributed by atoms with Crippen molar-refractivity contribution in [2.24, 2.45) is 17.3 Å². The third kappa shape index (κ3) is 9.69. The molecule has 2 aromatic heterocycles. The molecule has 2 aromatic carbocycles. The maximum atomic E-state index is 14.7. The molecule has 8 rings (SSSR count). The molecule has 4 aromatic rings. The average Bonchev–Trinajstić information content (AvgIpc) is 4.24. The standard InChI is InChI=1S/C51H66N8O7/c1-9-31-17-18-52-26-38(31)46-37-25-51(5,6)28-66-50(65)39-12-11-19-59(55-39)48(63)40(22-30-20-34(23-35(60)21-30)33-15-16-41(36(37)24-33)58(46)10-2)53-47(62)45(29(3)4)57(8)42(61)27-56(7)49(64)44-43(54-44)32-13-14-32/h15-18,20-21,23-24,26,29,32,39-40,43-45,54-55,60H,9-14,19,22,25,27-28H2,1-8H3,(H,53,62)/t39-,40-,43+,44+,45-/m0/s1. The van der Waals surface area contributed by atoms with Crippen molar-refractivity contribution in [2.45, 2.75) is 123 Å². The average molecular weight is 903 g/mol. The fourth-order valence-corrected chi connectivity index (χ4v) is 10.2. The minimum Gasteiger partial charge on any atom is -0.508 e. The second-order valence-electron chi connectivity index (χ2n) is 20.0. The lowest BCUT2D eigenvalue weighted by Crippen LogP contribution is -2.62. The first-order valence-corrected chi connectivity index (χ1v) is 23.7. The van der Waals surface area contributed by atoms with Crippen LogP contribution in [-0.2, 0) is 54.5 Å². The summed E-state index contributed by atoms with van der Waals surface area (Å²) in [6.45, 7) is 13.0. The molecule has 0 radical (unpaired) electrons. The Bertz CT molecular complexity index is 2530. The number of nitrogens with one attached hydrogen (secondary N) is 3. The number of phenols is 1. The third-order valence-corrected chi connectivity index (χ3v) is 13.9. The van der Waals surface area contributed by atoms with Gasteiger partial charge in [0.25, 0.3) is 5.91 Å². The normalized spacial score (nSPS) is 22.3. The van der Waals surface area contributed by atoms with E-state index in [1.807, 2.05) is 38.4 Å². The van der Waals surface area contributed by atoms with Gasteiger partial charge in [0.05, 0.1) is 18.8 Å². The second kappa shape index (κ2) is 18.8. The number of nitrogens with zero attached hydrogens (tertiary/aromatic N) is 5. The van der Waals surface area contributed by atoms with Crippen molar-refractivity contribution in [3.05, 3.63) is 71.5 Å². The fraction of sp³-hybridized carbons (Fsp3) is 0.529. The van der Waals surface area contributed by atoms with Crippen molar-refractivity contribution >= 4 is 40.5 Å². The monoisotopic (exact) mass is 903 g/mol. The molecule has 6 bridgehead atoms. The fourth-order valence-electron chi connectivity index (χ4n) is 10.2. The molecule has 4 amide bonds. The van der Waals surface area contributed by atoms with Crippen molar-refractivity contribution in [3.8, 4) is 28.1 Å². The summed E-state index contributed by atoms with van der Waals surface area (Å²) in [7, 11) is 3.14. The number of hydrogen-bond acceptors (Lipinski definition) is 10. The maximum absolute atomic E-state index is 14.7. The van der Waals surface area contributed by atoms with Crippen LogP contribution in [0.15, 0.2) is 54.9 Å². The van der Waals surface area contributed by atoms with Crippen LogP contribution in [0.4, 0.5) is 0 Å². The lowest BCUT2D eigenvalue weighted by molar-refractivity contribution is -0.155. The van der Waals surface area contributed by atoms with E-state index in [-0.39, 0.29) is 55.8 Å². The van der Waals surface area contributed by atoms with Crippen LogP contribution >= 0.6 is 0 Å². The number of likely N-dealkylation sites (N-methyl/N-ethyl adjacent to an activating group) is 2. The summed E-state index contributed by atoms with van der Waals surface area (Å²) in [5.41, 5.74) is 10.3. The van der Waals surface area contributed by atoms with Gasteiger partial charge in [-0.15, -0.1) is 0 Å². The highest BCUT2D eigenvalue weighted by Crippen LogP contribution is 2.42. The first-order valence-electron chi connectivity index (χ1n) is 23.7. The molecular weight excluding hydrogens is 837 g/mol. The Morgan fingerprint density at radius 3 is 2.52 bits per heavy atom. The van der Waals surface area contributed by atoms with E-state index in [0.29, 0.717) is 37.3 Å². The zero-order valence-electron chi connectivity index (χ0n) is 39.6. The second-order valence-corrected chi connectivity index (χ2v) is 20.0. The number of phenolic OH excluding ortho intramolecular Hbond substituents is 1. The Hall–Kier alpha value is -5.80. The summed E-state index contributed by atoms with van der Waals surface area (Å²) in [5.74, 6) is -1.89. The largest absolute Gasteiger partial charge is 0.508 e. The van der Waals surface area contributed by atoms with Gasteiger partial charge in [-0.3, -0.25) is 39.3 Å². The van der Waals surface area contributed by atoms with Gasteiger partial charge in [0, 0.05) is 73.9 Å². The SMILES string of the molecule is CCc1ccncc1-c1c2c3cc(ccc3n1CC)-c1cc(O)cc(c1)C[C@H](NC(=O)[C@H](C(C)C)N(C)C(=O)CN(C)C(=O)[C@@H]1N[C@@H]1C1CC1)C(=O)N1CCC[C@H](N1)C(=O)OCC(C)(C)C2. The molecular formula is C51H66N8O7. The van der Waals surface area contributed by atoms with E-state index in [2.05, 4.69) is 71.5 Å². The molecule has 2 saturated heterocycles. The minimum absolute atomic E-state index is 0.00143. The minimum atomic E-state index is -1.16. The number of amides is 4. The molecule has 3 fully saturated rings. The van der Waals surface area contributed by atoms with Gasteiger partial charge in [0.2, 0.25) is 17.7 Å². The van der Waals surface area contributed by atoms with Crippen LogP contribution in [0.3, 0.4) is 0 Å². The number of carbonyl (C=O) groups is 5. The number of ether oxygens (including phenoxy) is 1. The number of hydrogen-bond donors (Lipinski definition) is 4. The zero-order chi connectivity index (χ0) is 47.2. The number of rotatable bonds is 11. The number of benzene rings is 2. The van der Waals surface area contributed by atoms with Crippen molar-refractivity contribution < 1.29 is 33.8 Å². The molecule has 352 valence electrons. The topological polar surface area (TPSA) is 188 Å². The highest BCUT2D eigenvalue weighted by atomic mass is 16.5. The highest BCUT2D eigenvalue weighted by molar-refractivity contribution is 5.96. The summed E-state index contributed by atoms with van der Waals surface area (Å²) in [5, 5.41) is 20.0. The number of esters is 1.